The van der Waals surface area contributed by atoms with Gasteiger partial charge in [0.25, 0.3) is 11.1 Å². The van der Waals surface area contributed by atoms with Crippen molar-refractivity contribution in [3.05, 3.63) is 258 Å². The van der Waals surface area contributed by atoms with Crippen LogP contribution >= 0.6 is 24.8 Å². The van der Waals surface area contributed by atoms with Gasteiger partial charge in [-0.2, -0.15) is 0 Å². The molecule has 0 aliphatic heterocycles. The van der Waals surface area contributed by atoms with Gasteiger partial charge in [0.1, 0.15) is 0 Å². The van der Waals surface area contributed by atoms with Crippen molar-refractivity contribution in [2.75, 3.05) is 99.5 Å². The molecule has 0 saturated carbocycles. The summed E-state index contributed by atoms with van der Waals surface area (Å²) in [6.45, 7) is 7.71. The van der Waals surface area contributed by atoms with E-state index in [-0.39, 0.29) is 35.9 Å². The Labute approximate surface area is 663 Å². The molecular formula is C90H94Cl2N4O16. The first kappa shape index (κ1) is 83.8. The third-order valence-electron chi connectivity index (χ3n) is 19.6. The summed E-state index contributed by atoms with van der Waals surface area (Å²) in [5, 5.41) is 12.5. The summed E-state index contributed by atoms with van der Waals surface area (Å²) in [7, 11) is 22.7. The van der Waals surface area contributed by atoms with Crippen LogP contribution in [-0.4, -0.2) is 119 Å². The van der Waals surface area contributed by atoms with Gasteiger partial charge in [-0.15, -0.1) is 24.8 Å². The van der Waals surface area contributed by atoms with Crippen molar-refractivity contribution in [3.63, 3.8) is 0 Å². The number of benzene rings is 10. The third-order valence-corrected chi connectivity index (χ3v) is 19.6. The van der Waals surface area contributed by atoms with Crippen molar-refractivity contribution in [1.82, 2.24) is 19.9 Å². The minimum atomic E-state index is -0.123. The van der Waals surface area contributed by atoms with Crippen molar-refractivity contribution in [3.8, 4) is 80.8 Å². The van der Waals surface area contributed by atoms with Crippen LogP contribution in [0.25, 0.3) is 64.6 Å². The zero-order valence-corrected chi connectivity index (χ0v) is 67.9. The summed E-state index contributed by atoms with van der Waals surface area (Å²) in [6, 6.07) is 56.5. The average Bonchev–Trinajstić information content (AvgIpc) is 0.781. The van der Waals surface area contributed by atoms with Crippen molar-refractivity contribution in [1.29, 1.82) is 0 Å². The fourth-order valence-electron chi connectivity index (χ4n) is 13.9. The van der Waals surface area contributed by atoms with Crippen LogP contribution in [0, 0.1) is 27.7 Å². The molecule has 0 fully saturated rings. The maximum absolute atomic E-state index is 12.7. The lowest BCUT2D eigenvalue weighted by Gasteiger charge is -2.17. The van der Waals surface area contributed by atoms with E-state index in [1.165, 1.54) is 27.1 Å². The number of halogens is 2. The first-order valence-corrected chi connectivity index (χ1v) is 35.4. The Hall–Kier alpha value is -12.3. The van der Waals surface area contributed by atoms with E-state index in [1.807, 2.05) is 125 Å². The number of nitrogens with one attached hydrogen (secondary N) is 2. The molecule has 4 aromatic heterocycles. The quantitative estimate of drug-likeness (QED) is 0.0644. The zero-order chi connectivity index (χ0) is 78.4. The average molecular weight is 1560 g/mol. The molecule has 0 spiro atoms. The highest BCUT2D eigenvalue weighted by atomic mass is 35.5. The van der Waals surface area contributed by atoms with Gasteiger partial charge in [0.15, 0.2) is 69.0 Å². The molecule has 0 unspecified atom stereocenters. The molecule has 4 heterocycles. The van der Waals surface area contributed by atoms with Crippen LogP contribution < -0.4 is 77.4 Å². The van der Waals surface area contributed by atoms with E-state index in [2.05, 4.69) is 87.7 Å². The molecule has 0 aliphatic carbocycles. The van der Waals surface area contributed by atoms with Crippen LogP contribution in [0.1, 0.15) is 67.3 Å². The van der Waals surface area contributed by atoms with Gasteiger partial charge >= 0.3 is 0 Å². The molecule has 20 nitrogen and oxygen atoms in total. The summed E-state index contributed by atoms with van der Waals surface area (Å²) in [5.41, 5.74) is 10.9. The number of aromatic nitrogens is 4. The van der Waals surface area contributed by atoms with Crippen molar-refractivity contribution in [2.24, 2.45) is 0 Å². The van der Waals surface area contributed by atoms with E-state index in [9.17, 15) is 9.59 Å². The lowest BCUT2D eigenvalue weighted by molar-refractivity contribution is 0.354. The number of hydrogen-bond acceptors (Lipinski definition) is 18. The van der Waals surface area contributed by atoms with Gasteiger partial charge in [0.05, 0.1) is 99.5 Å². The second kappa shape index (κ2) is 37.9. The standard InChI is InChI=1S/C24H23NO3.C23H21NO3.C22H25NO5.C21H23NO5.2ClH/c1-15-19-13-22(26-2)23(27-3)14-20(19)21(24(25-15)28-4)12-16-9-10-17-7-5-6-8-18(17)11-16;1-14-18-12-21(26-2)22(27-3)13-19(18)20(23(25)24-14)11-15-8-9-16-6-4-5-7-17(16)10-15;1-13-15-11-20(26-4)21(27-5)12-16(15)17(22(23-13)28-6)9-14-7-8-18(24-2)19(10-14)25-3;1-12-14-10-19(26-4)20(27-5)11-15(14)16(21(23)22-12)8-13-6-7-17(24-2)18(9-13)25-3;;/h5-11,13-14H,12H2,1-4H3;4-10,12-13H,11H2,1-3H3,(H,24,25);7-8,10-12H,9H2,1-6H3;6-7,9-11H,8H2,1-5H3,(H,22,23);2*1H. The van der Waals surface area contributed by atoms with E-state index in [4.69, 9.17) is 71.3 Å². The number of H-pyrrole nitrogens is 2. The Balaban J connectivity index is 0.000000170. The molecule has 0 saturated heterocycles. The molecule has 0 atom stereocenters. The van der Waals surface area contributed by atoms with Gasteiger partial charge in [-0.1, -0.05) is 97.1 Å². The second-order valence-corrected chi connectivity index (χ2v) is 25.9. The first-order chi connectivity index (χ1) is 53.3. The van der Waals surface area contributed by atoms with Crippen LogP contribution in [0.5, 0.6) is 80.8 Å². The molecular weight excluding hydrogens is 1460 g/mol. The van der Waals surface area contributed by atoms with E-state index >= 15 is 0 Å². The molecule has 0 radical (unpaired) electrons. The van der Waals surface area contributed by atoms with E-state index in [0.29, 0.717) is 112 Å². The highest BCUT2D eigenvalue weighted by Gasteiger charge is 2.22. The van der Waals surface area contributed by atoms with Gasteiger partial charge in [-0.05, 0) is 166 Å². The number of methoxy groups -OCH3 is 14. The van der Waals surface area contributed by atoms with Crippen molar-refractivity contribution < 1.29 is 66.3 Å². The summed E-state index contributed by atoms with van der Waals surface area (Å²) in [4.78, 5) is 40.7. The van der Waals surface area contributed by atoms with Crippen LogP contribution in [0.3, 0.4) is 0 Å². The molecule has 112 heavy (non-hydrogen) atoms. The Kier molecular flexibility index (Phi) is 28.4. The number of aryl methyl sites for hydroxylation is 4. The number of fused-ring (bicyclic) bond motifs is 6. The lowest BCUT2D eigenvalue weighted by Crippen LogP contribution is -2.15. The number of nitrogens with zero attached hydrogens (tertiary/aromatic N) is 2. The highest BCUT2D eigenvalue weighted by molar-refractivity contribution is 5.95. The van der Waals surface area contributed by atoms with E-state index in [1.54, 1.807) is 99.5 Å². The Morgan fingerprint density at radius 2 is 0.491 bits per heavy atom. The Bertz CT molecular complexity index is 5850. The van der Waals surface area contributed by atoms with Gasteiger partial charge in [0, 0.05) is 92.3 Å². The SMILES string of the molecule is COc1cc2c(C)[nH]c(=O)c(Cc3ccc4ccccc4c3)c2cc1OC.COc1cc2c(C)nc(OC)c(Cc3ccc4ccccc4c3)c2cc1OC.COc1ccc(Cc2c(=O)[nH]c(C)c3cc(OC)c(OC)cc23)cc1OC.COc1ccc(Cc2c(OC)nc(C)c3cc(OC)c(OC)cc23)cc1OC.Cl.Cl. The van der Waals surface area contributed by atoms with E-state index in [0.717, 1.165) is 99.2 Å². The minimum Gasteiger partial charge on any atom is -0.493 e. The minimum absolute atomic E-state index is 0. The monoisotopic (exact) mass is 1560 g/mol. The number of aromatic amines is 2. The number of hydrogen-bond donors (Lipinski definition) is 2. The van der Waals surface area contributed by atoms with Crippen LogP contribution in [-0.2, 0) is 25.7 Å². The van der Waals surface area contributed by atoms with Gasteiger partial charge in [0.2, 0.25) is 11.8 Å². The molecule has 14 rings (SSSR count). The predicted molar refractivity (Wildman–Crippen MR) is 450 cm³/mol. The molecule has 584 valence electrons. The molecule has 0 amide bonds. The largest absolute Gasteiger partial charge is 0.493 e. The van der Waals surface area contributed by atoms with Gasteiger partial charge in [-0.25, -0.2) is 9.97 Å². The Morgan fingerprint density at radius 3 is 0.786 bits per heavy atom. The lowest BCUT2D eigenvalue weighted by atomic mass is 9.96. The fraction of sp³-hybridized carbons (Fsp3) is 0.244. The van der Waals surface area contributed by atoms with E-state index < -0.39 is 0 Å². The van der Waals surface area contributed by atoms with Crippen LogP contribution in [0.4, 0.5) is 0 Å². The normalized spacial score (nSPS) is 10.7. The maximum Gasteiger partial charge on any atom is 0.252 e. The number of rotatable bonds is 22. The summed E-state index contributed by atoms with van der Waals surface area (Å²) < 4.78 is 76.3. The summed E-state index contributed by atoms with van der Waals surface area (Å²) in [6.07, 6.45) is 2.32. The summed E-state index contributed by atoms with van der Waals surface area (Å²) >= 11 is 0. The highest BCUT2D eigenvalue weighted by Crippen LogP contribution is 2.43. The number of pyridine rings is 4. The smallest absolute Gasteiger partial charge is 0.252 e. The number of ether oxygens (including phenoxy) is 14. The maximum atomic E-state index is 12.7. The molecule has 22 heteroatoms. The molecule has 0 bridgehead atoms. The summed E-state index contributed by atoms with van der Waals surface area (Å²) in [5.74, 6) is 9.09. The molecule has 0 aliphatic rings. The molecule has 14 aromatic rings. The zero-order valence-electron chi connectivity index (χ0n) is 66.2. The topological polar surface area (TPSA) is 221 Å². The van der Waals surface area contributed by atoms with Crippen LogP contribution in [0.15, 0.2) is 179 Å². The van der Waals surface area contributed by atoms with Crippen molar-refractivity contribution in [2.45, 2.75) is 53.4 Å². The second-order valence-electron chi connectivity index (χ2n) is 25.9. The van der Waals surface area contributed by atoms with Gasteiger partial charge < -0.3 is 76.3 Å². The molecule has 2 N–H and O–H groups in total. The Morgan fingerprint density at radius 1 is 0.250 bits per heavy atom. The molecule has 10 aromatic carbocycles. The third kappa shape index (κ3) is 18.0. The van der Waals surface area contributed by atoms with Crippen molar-refractivity contribution >= 4 is 89.4 Å². The first-order valence-electron chi connectivity index (χ1n) is 35.4. The fourth-order valence-corrected chi connectivity index (χ4v) is 13.9. The predicted octanol–water partition coefficient (Wildman–Crippen LogP) is 18.4. The van der Waals surface area contributed by atoms with Crippen LogP contribution in [0.2, 0.25) is 0 Å². The van der Waals surface area contributed by atoms with Gasteiger partial charge in [-0.3, -0.25) is 9.59 Å².